The van der Waals surface area contributed by atoms with Crippen molar-refractivity contribution in [3.05, 3.63) is 184 Å². The van der Waals surface area contributed by atoms with E-state index in [1.807, 2.05) is 12.1 Å². The van der Waals surface area contributed by atoms with Gasteiger partial charge in [0.2, 0.25) is 0 Å². The molecule has 4 aliphatic rings. The first-order valence-electron chi connectivity index (χ1n) is 16.2. The smallest absolute Gasteiger partial charge is 0.500 e. The van der Waals surface area contributed by atoms with Crippen LogP contribution in [0.25, 0.3) is 22.3 Å². The first-order chi connectivity index (χ1) is 23.8. The molecule has 5 nitrogen and oxygen atoms in total. The monoisotopic (exact) mass is 808 g/mol. The minimum absolute atomic E-state index is 0. The summed E-state index contributed by atoms with van der Waals surface area (Å²) in [5.74, 6) is 0. The van der Waals surface area contributed by atoms with E-state index in [0.717, 1.165) is 34.1 Å². The van der Waals surface area contributed by atoms with Crippen molar-refractivity contribution in [1.29, 1.82) is 0 Å². The molecule has 7 heteroatoms. The van der Waals surface area contributed by atoms with E-state index in [9.17, 15) is 0 Å². The molecule has 6 aromatic rings. The number of rotatable bonds is 4. The van der Waals surface area contributed by atoms with E-state index in [4.69, 9.17) is 0 Å². The van der Waals surface area contributed by atoms with Crippen molar-refractivity contribution in [2.45, 2.75) is 0 Å². The maximum absolute atomic E-state index is 3.89. The van der Waals surface area contributed by atoms with Gasteiger partial charge in [-0.1, -0.05) is 118 Å². The molecule has 234 valence electrons. The molecule has 0 unspecified atom stereocenters. The van der Waals surface area contributed by atoms with E-state index in [1.165, 1.54) is 33.2 Å². The summed E-state index contributed by atoms with van der Waals surface area (Å²) < 4.78 is 0. The summed E-state index contributed by atoms with van der Waals surface area (Å²) in [4.78, 5) is 11.0. The molecule has 0 amide bonds. The average molecular weight is 809 g/mol. The molecule has 4 aliphatic heterocycles. The Morgan fingerprint density at radius 3 is 1.29 bits per heavy atom. The van der Waals surface area contributed by atoms with Crippen LogP contribution < -0.4 is 35.3 Å². The zero-order valence-electron chi connectivity index (χ0n) is 26.3. The van der Waals surface area contributed by atoms with Gasteiger partial charge in [0.05, 0.1) is 0 Å². The van der Waals surface area contributed by atoms with Gasteiger partial charge >= 0.3 is 27.9 Å². The predicted molar refractivity (Wildman–Crippen MR) is 198 cm³/mol. The van der Waals surface area contributed by atoms with E-state index < -0.39 is 0 Å². The van der Waals surface area contributed by atoms with Crippen LogP contribution in [0.1, 0.15) is 0 Å². The molecule has 0 N–H and O–H groups in total. The summed E-state index contributed by atoms with van der Waals surface area (Å²) in [5, 5.41) is 0. The molecule has 0 bridgehead atoms. The normalized spacial score (nSPS) is 15.0. The molecule has 0 fully saturated rings. The van der Waals surface area contributed by atoms with Crippen LogP contribution in [0, 0.1) is 25.5 Å². The maximum atomic E-state index is 3.89. The Balaban J connectivity index is 0.00000325. The number of hydrogen-bond acceptors (Lipinski definition) is 5. The third-order valence-electron chi connectivity index (χ3n) is 9.59. The molecular formula is C42H28BN5Pt. The van der Waals surface area contributed by atoms with Gasteiger partial charge in [-0.25, -0.2) is 0 Å². The number of para-hydroxylation sites is 2. The van der Waals surface area contributed by atoms with Gasteiger partial charge in [0, 0.05) is 11.4 Å². The largest absolute Gasteiger partial charge is 4.00 e. The van der Waals surface area contributed by atoms with E-state index in [1.54, 1.807) is 0 Å². The summed E-state index contributed by atoms with van der Waals surface area (Å²) in [5.41, 5.74) is 13.7. The molecule has 0 spiro atoms. The minimum Gasteiger partial charge on any atom is -0.500 e. The van der Waals surface area contributed by atoms with Crippen molar-refractivity contribution in [3.8, 4) is 22.3 Å². The van der Waals surface area contributed by atoms with Gasteiger partial charge in [-0.05, 0) is 49.1 Å². The summed E-state index contributed by atoms with van der Waals surface area (Å²) in [6.45, 7) is 4.20. The Morgan fingerprint density at radius 1 is 0.408 bits per heavy atom. The van der Waals surface area contributed by atoms with Crippen molar-refractivity contribution >= 4 is 51.9 Å². The number of anilines is 6. The maximum Gasteiger partial charge on any atom is 4.00 e. The Hall–Kier alpha value is -5.45. The van der Waals surface area contributed by atoms with Gasteiger partial charge in [-0.2, -0.15) is 12.1 Å². The van der Waals surface area contributed by atoms with Gasteiger partial charge in [-0.3, -0.25) is 0 Å². The molecule has 0 aromatic heterocycles. The number of nitrogens with zero attached hydrogens (tertiary/aromatic N) is 5. The molecule has 10 rings (SSSR count). The molecule has 4 heterocycles. The molecule has 0 radical (unpaired) electrons. The second-order valence-electron chi connectivity index (χ2n) is 12.3. The fraction of sp³-hybridized carbons (Fsp3) is 0. The van der Waals surface area contributed by atoms with Crippen LogP contribution >= 0.6 is 0 Å². The van der Waals surface area contributed by atoms with Crippen LogP contribution in [0.15, 0.2) is 158 Å². The Bertz CT molecular complexity index is 2100. The van der Waals surface area contributed by atoms with Gasteiger partial charge in [0.15, 0.2) is 0 Å². The predicted octanol–water partition coefficient (Wildman–Crippen LogP) is 8.02. The van der Waals surface area contributed by atoms with Crippen LogP contribution in [0.3, 0.4) is 0 Å². The first-order valence-corrected chi connectivity index (χ1v) is 16.2. The fourth-order valence-corrected chi connectivity index (χ4v) is 7.34. The van der Waals surface area contributed by atoms with Crippen LogP contribution in [-0.4, -0.2) is 6.85 Å². The van der Waals surface area contributed by atoms with Crippen molar-refractivity contribution in [1.82, 2.24) is 0 Å². The van der Waals surface area contributed by atoms with E-state index in [0.29, 0.717) is 0 Å². The fourth-order valence-electron chi connectivity index (χ4n) is 7.34. The zero-order valence-corrected chi connectivity index (χ0v) is 28.6. The SMILES string of the molecule is [Pt+4].[c-]1c(N2C=CN(c3ccccc3)[CH-]2)ccc2c1N1B(c3ccccc3-2)c2ccccc2-c2ccc(N3C=CN(c4ccccc4)[CH-]3)[c-]c21. The molecule has 0 saturated carbocycles. The number of fused-ring (bicyclic) bond motifs is 11. The first kappa shape index (κ1) is 29.7. The third kappa shape index (κ3) is 4.82. The van der Waals surface area contributed by atoms with Crippen molar-refractivity contribution in [2.24, 2.45) is 0 Å². The number of hydrogen-bond donors (Lipinski definition) is 0. The van der Waals surface area contributed by atoms with Gasteiger partial charge in [-0.15, -0.1) is 60.1 Å². The van der Waals surface area contributed by atoms with Crippen molar-refractivity contribution < 1.29 is 21.1 Å². The van der Waals surface area contributed by atoms with Crippen LogP contribution in [-0.2, 0) is 21.1 Å². The van der Waals surface area contributed by atoms with E-state index >= 15 is 0 Å². The van der Waals surface area contributed by atoms with Crippen LogP contribution in [0.2, 0.25) is 0 Å². The summed E-state index contributed by atoms with van der Waals surface area (Å²) in [6, 6.07) is 55.1. The molecule has 0 saturated heterocycles. The molecule has 0 atom stereocenters. The van der Waals surface area contributed by atoms with Crippen molar-refractivity contribution in [3.63, 3.8) is 0 Å². The standard InChI is InChI=1S/C42H28BN5.Pt/c1-3-11-31(12-4-1)44-23-25-46(29-44)33-19-21-37-35-15-7-9-17-39(35)43-40-18-10-8-16-36(40)38-22-20-34(28-42(38)48(43)41(37)27-33)47-26-24-45(30-47)32-13-5-2-6-14-32;/h1-26,29-30H;/q-4;+4. The third-order valence-corrected chi connectivity index (χ3v) is 9.59. The van der Waals surface area contributed by atoms with Gasteiger partial charge in [0.1, 0.15) is 0 Å². The Kier molecular flexibility index (Phi) is 7.21. The summed E-state index contributed by atoms with van der Waals surface area (Å²) in [6.07, 6.45) is 8.37. The zero-order chi connectivity index (χ0) is 31.6. The van der Waals surface area contributed by atoms with E-state index in [2.05, 4.69) is 196 Å². The van der Waals surface area contributed by atoms with E-state index in [-0.39, 0.29) is 27.9 Å². The van der Waals surface area contributed by atoms with Crippen LogP contribution in [0.5, 0.6) is 0 Å². The molecule has 0 aliphatic carbocycles. The Morgan fingerprint density at radius 2 is 0.816 bits per heavy atom. The van der Waals surface area contributed by atoms with Crippen LogP contribution in [0.4, 0.5) is 34.1 Å². The van der Waals surface area contributed by atoms with Crippen molar-refractivity contribution in [2.75, 3.05) is 24.4 Å². The summed E-state index contributed by atoms with van der Waals surface area (Å²) >= 11 is 0. The second kappa shape index (κ2) is 11.9. The molecular weight excluding hydrogens is 780 g/mol. The average Bonchev–Trinajstić information content (AvgIpc) is 3.87. The quantitative estimate of drug-likeness (QED) is 0.132. The topological polar surface area (TPSA) is 16.2 Å². The minimum atomic E-state index is -0.0202. The molecule has 6 aromatic carbocycles. The Labute approximate surface area is 302 Å². The summed E-state index contributed by atoms with van der Waals surface area (Å²) in [7, 11) is 0. The second-order valence-corrected chi connectivity index (χ2v) is 12.3. The number of benzene rings is 6. The van der Waals surface area contributed by atoms with Gasteiger partial charge < -0.3 is 24.4 Å². The van der Waals surface area contributed by atoms with Gasteiger partial charge in [0.25, 0.3) is 0 Å². The molecule has 49 heavy (non-hydrogen) atoms.